The highest BCUT2D eigenvalue weighted by atomic mass is 35.5. The third-order valence-corrected chi connectivity index (χ3v) is 9.73. The van der Waals surface area contributed by atoms with Crippen LogP contribution in [0.1, 0.15) is 29.3 Å². The molecule has 0 saturated heterocycles. The monoisotopic (exact) mass is 716 g/mol. The molecular formula is C36H30Cl2N4O4S2. The summed E-state index contributed by atoms with van der Waals surface area (Å²) in [5, 5.41) is 11.1. The molecule has 0 saturated carbocycles. The Morgan fingerprint density at radius 1 is 0.917 bits per heavy atom. The summed E-state index contributed by atoms with van der Waals surface area (Å²) < 4.78 is 5.31. The van der Waals surface area contributed by atoms with Gasteiger partial charge in [0.15, 0.2) is 5.13 Å². The van der Waals surface area contributed by atoms with E-state index in [1.165, 1.54) is 29.2 Å². The van der Waals surface area contributed by atoms with Crippen LogP contribution in [0.2, 0.25) is 10.0 Å². The quantitative estimate of drug-likeness (QED) is 0.0878. The molecule has 5 aromatic rings. The minimum atomic E-state index is -0.585. The van der Waals surface area contributed by atoms with Gasteiger partial charge in [0.2, 0.25) is 5.91 Å². The first-order chi connectivity index (χ1) is 23.2. The molecule has 0 aliphatic carbocycles. The predicted molar refractivity (Wildman–Crippen MR) is 196 cm³/mol. The topological polar surface area (TPSA) is 109 Å². The van der Waals surface area contributed by atoms with Crippen molar-refractivity contribution in [2.75, 3.05) is 17.7 Å². The first-order valence-electron chi connectivity index (χ1n) is 14.7. The van der Waals surface area contributed by atoms with Crippen LogP contribution in [0.3, 0.4) is 0 Å². The maximum absolute atomic E-state index is 13.6. The van der Waals surface area contributed by atoms with Crippen molar-refractivity contribution in [2.45, 2.75) is 23.5 Å². The smallest absolute Gasteiger partial charge is 0.272 e. The zero-order valence-corrected chi connectivity index (χ0v) is 29.0. The number of hydrogen-bond acceptors (Lipinski definition) is 7. The van der Waals surface area contributed by atoms with Gasteiger partial charge in [-0.15, -0.1) is 23.1 Å². The molecule has 0 radical (unpaired) electrons. The Balaban J connectivity index is 1.29. The Bertz CT molecular complexity index is 1950. The summed E-state index contributed by atoms with van der Waals surface area (Å²) in [5.74, 6) is -0.523. The second-order valence-electron chi connectivity index (χ2n) is 10.3. The van der Waals surface area contributed by atoms with Crippen molar-refractivity contribution < 1.29 is 19.1 Å². The number of amides is 3. The number of rotatable bonds is 12. The van der Waals surface area contributed by atoms with E-state index in [0.717, 1.165) is 21.9 Å². The average molecular weight is 718 g/mol. The maximum atomic E-state index is 13.6. The van der Waals surface area contributed by atoms with E-state index in [2.05, 4.69) is 20.9 Å². The second kappa shape index (κ2) is 16.5. The van der Waals surface area contributed by atoms with E-state index in [4.69, 9.17) is 27.9 Å². The first kappa shape index (κ1) is 34.7. The summed E-state index contributed by atoms with van der Waals surface area (Å²) in [4.78, 5) is 45.2. The number of ether oxygens (including phenoxy) is 1. The van der Waals surface area contributed by atoms with Crippen LogP contribution in [0.4, 0.5) is 10.8 Å². The molecule has 1 aromatic heterocycles. The molecule has 1 unspecified atom stereocenters. The van der Waals surface area contributed by atoms with E-state index < -0.39 is 17.1 Å². The van der Waals surface area contributed by atoms with Gasteiger partial charge in [-0.05, 0) is 67.1 Å². The normalized spacial score (nSPS) is 11.8. The Morgan fingerprint density at radius 2 is 1.65 bits per heavy atom. The van der Waals surface area contributed by atoms with Crippen LogP contribution in [-0.2, 0) is 9.59 Å². The molecule has 5 rings (SSSR count). The van der Waals surface area contributed by atoms with E-state index in [9.17, 15) is 14.4 Å². The number of nitrogens with zero attached hydrogens (tertiary/aromatic N) is 1. The summed E-state index contributed by atoms with van der Waals surface area (Å²) in [6.45, 7) is 1.93. The molecule has 48 heavy (non-hydrogen) atoms. The number of methoxy groups -OCH3 is 1. The van der Waals surface area contributed by atoms with Crippen LogP contribution in [0.5, 0.6) is 5.75 Å². The number of nitrogens with one attached hydrogen (secondary N) is 3. The molecule has 3 N–H and O–H groups in total. The largest absolute Gasteiger partial charge is 0.497 e. The summed E-state index contributed by atoms with van der Waals surface area (Å²) in [7, 11) is 1.61. The van der Waals surface area contributed by atoms with Gasteiger partial charge in [0.25, 0.3) is 11.8 Å². The van der Waals surface area contributed by atoms with Crippen LogP contribution in [0, 0.1) is 0 Å². The van der Waals surface area contributed by atoms with Crippen molar-refractivity contribution in [1.82, 2.24) is 10.3 Å². The van der Waals surface area contributed by atoms with E-state index in [0.29, 0.717) is 38.4 Å². The Labute approximate surface area is 296 Å². The fourth-order valence-corrected chi connectivity index (χ4v) is 6.74. The summed E-state index contributed by atoms with van der Waals surface area (Å²) in [5.41, 5.74) is 2.80. The van der Waals surface area contributed by atoms with Crippen LogP contribution in [-0.4, -0.2) is 35.1 Å². The van der Waals surface area contributed by atoms with Gasteiger partial charge in [0.1, 0.15) is 11.4 Å². The molecule has 0 fully saturated rings. The molecule has 12 heteroatoms. The Morgan fingerprint density at radius 3 is 2.38 bits per heavy atom. The SMILES string of the molecule is CCC(Sc1cccc(NC(=O)/C(=C\c2c(Cl)cccc2Cl)NC(=O)c2ccccc2)c1)C(=O)Nc1nc(-c2cccc(OC)c2)cs1. The average Bonchev–Trinajstić information content (AvgIpc) is 3.57. The molecular weight excluding hydrogens is 687 g/mol. The van der Waals surface area contributed by atoms with Crippen molar-refractivity contribution in [2.24, 2.45) is 0 Å². The molecule has 8 nitrogen and oxygen atoms in total. The van der Waals surface area contributed by atoms with E-state index in [-0.39, 0.29) is 11.6 Å². The third-order valence-electron chi connectivity index (χ3n) is 6.95. The van der Waals surface area contributed by atoms with Crippen LogP contribution < -0.4 is 20.7 Å². The van der Waals surface area contributed by atoms with Crippen LogP contribution in [0.15, 0.2) is 113 Å². The summed E-state index contributed by atoms with van der Waals surface area (Å²) in [6.07, 6.45) is 1.99. The maximum Gasteiger partial charge on any atom is 0.272 e. The first-order valence-corrected chi connectivity index (χ1v) is 17.3. The summed E-state index contributed by atoms with van der Waals surface area (Å²) in [6, 6.07) is 28.2. The second-order valence-corrected chi connectivity index (χ2v) is 13.2. The lowest BCUT2D eigenvalue weighted by Crippen LogP contribution is -2.30. The Hall–Kier alpha value is -4.61. The number of carbonyl (C=O) groups excluding carboxylic acids is 3. The van der Waals surface area contributed by atoms with Gasteiger partial charge in [0, 0.05) is 42.7 Å². The number of anilines is 2. The van der Waals surface area contributed by atoms with Crippen LogP contribution in [0.25, 0.3) is 17.3 Å². The lowest BCUT2D eigenvalue weighted by molar-refractivity contribution is -0.116. The molecule has 1 atom stereocenters. The highest BCUT2D eigenvalue weighted by molar-refractivity contribution is 8.00. The van der Waals surface area contributed by atoms with Gasteiger partial charge in [-0.1, -0.05) is 72.6 Å². The fourth-order valence-electron chi connectivity index (χ4n) is 4.50. The van der Waals surface area contributed by atoms with E-state index >= 15 is 0 Å². The highest BCUT2D eigenvalue weighted by Gasteiger charge is 2.21. The zero-order chi connectivity index (χ0) is 34.0. The minimum Gasteiger partial charge on any atom is -0.497 e. The molecule has 0 aliphatic heterocycles. The van der Waals surface area contributed by atoms with Gasteiger partial charge in [0.05, 0.1) is 18.1 Å². The molecule has 3 amide bonds. The number of hydrogen-bond donors (Lipinski definition) is 3. The van der Waals surface area contributed by atoms with Gasteiger partial charge >= 0.3 is 0 Å². The number of thioether (sulfide) groups is 1. The standard InChI is InChI=1S/C36H30Cl2N4O4S2/c1-3-32(35(45)42-36-41-31(21-47-36)23-12-7-14-25(18-23)46-2)48-26-15-8-13-24(19-26)39-34(44)30(20-27-28(37)16-9-17-29(27)38)40-33(43)22-10-5-4-6-11-22/h4-21,32H,3H2,1-2H3,(H,39,44)(H,40,43)(H,41,42,45)/b30-20+. The van der Waals surface area contributed by atoms with Gasteiger partial charge < -0.3 is 20.7 Å². The third kappa shape index (κ3) is 9.05. The van der Waals surface area contributed by atoms with Crippen LogP contribution >= 0.6 is 46.3 Å². The number of halogens is 2. The molecule has 244 valence electrons. The fraction of sp³-hybridized carbons (Fsp3) is 0.111. The molecule has 0 spiro atoms. The van der Waals surface area contributed by atoms with Gasteiger partial charge in [-0.25, -0.2) is 4.98 Å². The molecule has 4 aromatic carbocycles. The minimum absolute atomic E-state index is 0.0560. The van der Waals surface area contributed by atoms with Crippen molar-refractivity contribution in [3.05, 3.63) is 129 Å². The van der Waals surface area contributed by atoms with E-state index in [1.54, 1.807) is 73.8 Å². The number of benzene rings is 4. The lowest BCUT2D eigenvalue weighted by atomic mass is 10.1. The van der Waals surface area contributed by atoms with Crippen molar-refractivity contribution in [3.63, 3.8) is 0 Å². The van der Waals surface area contributed by atoms with Gasteiger partial charge in [-0.3, -0.25) is 14.4 Å². The predicted octanol–water partition coefficient (Wildman–Crippen LogP) is 9.04. The number of aromatic nitrogens is 1. The zero-order valence-electron chi connectivity index (χ0n) is 25.8. The lowest BCUT2D eigenvalue weighted by Gasteiger charge is -2.15. The molecule has 1 heterocycles. The summed E-state index contributed by atoms with van der Waals surface area (Å²) >= 11 is 15.5. The molecule has 0 aliphatic rings. The van der Waals surface area contributed by atoms with Crippen molar-refractivity contribution in [3.8, 4) is 17.0 Å². The van der Waals surface area contributed by atoms with E-state index in [1.807, 2.05) is 42.6 Å². The van der Waals surface area contributed by atoms with Gasteiger partial charge in [-0.2, -0.15) is 0 Å². The molecule has 0 bridgehead atoms. The van der Waals surface area contributed by atoms with Crippen molar-refractivity contribution in [1.29, 1.82) is 0 Å². The highest BCUT2D eigenvalue weighted by Crippen LogP contribution is 2.31. The number of thiazole rings is 1. The Kier molecular flexibility index (Phi) is 11.9. The van der Waals surface area contributed by atoms with Crippen molar-refractivity contribution >= 4 is 80.9 Å². The number of carbonyl (C=O) groups is 3.